The molecular weight excluding hydrogens is 332 g/mol. The third-order valence-corrected chi connectivity index (χ3v) is 3.27. The number of carbonyl (C=O) groups is 1. The van der Waals surface area contributed by atoms with E-state index in [-0.39, 0.29) is 5.91 Å². The van der Waals surface area contributed by atoms with Gasteiger partial charge in [0.2, 0.25) is 0 Å². The second kappa shape index (κ2) is 6.04. The Morgan fingerprint density at radius 2 is 2.21 bits per heavy atom. The number of methoxy groups -OCH3 is 1. The molecule has 19 heavy (non-hydrogen) atoms. The van der Waals surface area contributed by atoms with Crippen LogP contribution in [-0.2, 0) is 0 Å². The summed E-state index contributed by atoms with van der Waals surface area (Å²) in [6, 6.07) is 8.38. The minimum absolute atomic E-state index is 0.312. The van der Waals surface area contributed by atoms with Gasteiger partial charge in [-0.15, -0.1) is 0 Å². The molecule has 0 aliphatic rings. The quantitative estimate of drug-likeness (QED) is 0.925. The maximum absolute atomic E-state index is 12.2. The van der Waals surface area contributed by atoms with Crippen molar-refractivity contribution in [1.29, 1.82) is 0 Å². The van der Waals surface area contributed by atoms with Crippen molar-refractivity contribution >= 4 is 39.3 Å². The van der Waals surface area contributed by atoms with Gasteiger partial charge in [0.1, 0.15) is 11.6 Å². The highest BCUT2D eigenvalue weighted by molar-refractivity contribution is 9.10. The Bertz CT molecular complexity index is 619. The molecule has 2 aromatic rings. The minimum atomic E-state index is -0.312. The normalized spacial score (nSPS) is 10.1. The average Bonchev–Trinajstić information content (AvgIpc) is 2.41. The SMILES string of the molecule is COc1cc(Cl)ccc1C(=O)Nc1ncccc1Br. The first-order chi connectivity index (χ1) is 9.11. The van der Waals surface area contributed by atoms with Crippen molar-refractivity contribution in [2.75, 3.05) is 12.4 Å². The summed E-state index contributed by atoms with van der Waals surface area (Å²) in [5.41, 5.74) is 0.393. The van der Waals surface area contributed by atoms with Crippen LogP contribution >= 0.6 is 27.5 Å². The molecular formula is C13H10BrClN2O2. The van der Waals surface area contributed by atoms with Crippen molar-refractivity contribution in [1.82, 2.24) is 4.98 Å². The van der Waals surface area contributed by atoms with Crippen LogP contribution in [0.5, 0.6) is 5.75 Å². The Kier molecular flexibility index (Phi) is 4.39. The van der Waals surface area contributed by atoms with Crippen LogP contribution in [0.4, 0.5) is 5.82 Å². The third-order valence-electron chi connectivity index (χ3n) is 2.40. The van der Waals surface area contributed by atoms with Crippen LogP contribution in [-0.4, -0.2) is 18.0 Å². The van der Waals surface area contributed by atoms with Gasteiger partial charge in [0, 0.05) is 11.2 Å². The lowest BCUT2D eigenvalue weighted by Gasteiger charge is -2.10. The molecule has 4 nitrogen and oxygen atoms in total. The third kappa shape index (κ3) is 3.24. The Morgan fingerprint density at radius 1 is 1.42 bits per heavy atom. The molecule has 0 aliphatic heterocycles. The number of halogens is 2. The van der Waals surface area contributed by atoms with Crippen LogP contribution in [0.3, 0.4) is 0 Å². The first-order valence-electron chi connectivity index (χ1n) is 5.37. The maximum Gasteiger partial charge on any atom is 0.260 e. The largest absolute Gasteiger partial charge is 0.496 e. The van der Waals surface area contributed by atoms with E-state index >= 15 is 0 Å². The molecule has 1 N–H and O–H groups in total. The zero-order chi connectivity index (χ0) is 13.8. The number of carbonyl (C=O) groups excluding carboxylic acids is 1. The van der Waals surface area contributed by atoms with Gasteiger partial charge in [0.25, 0.3) is 5.91 Å². The lowest BCUT2D eigenvalue weighted by Crippen LogP contribution is -2.14. The lowest BCUT2D eigenvalue weighted by molar-refractivity contribution is 0.102. The van der Waals surface area contributed by atoms with Gasteiger partial charge >= 0.3 is 0 Å². The molecule has 0 saturated heterocycles. The molecule has 1 aromatic heterocycles. The van der Waals surface area contributed by atoms with E-state index in [0.717, 1.165) is 0 Å². The van der Waals surface area contributed by atoms with E-state index < -0.39 is 0 Å². The van der Waals surface area contributed by atoms with E-state index in [4.69, 9.17) is 16.3 Å². The van der Waals surface area contributed by atoms with Crippen LogP contribution in [0.25, 0.3) is 0 Å². The van der Waals surface area contributed by atoms with E-state index in [1.807, 2.05) is 0 Å². The van der Waals surface area contributed by atoms with Gasteiger partial charge in [-0.05, 0) is 46.3 Å². The highest BCUT2D eigenvalue weighted by Crippen LogP contribution is 2.25. The van der Waals surface area contributed by atoms with Crippen molar-refractivity contribution < 1.29 is 9.53 Å². The molecule has 1 amide bonds. The highest BCUT2D eigenvalue weighted by Gasteiger charge is 2.14. The van der Waals surface area contributed by atoms with Crippen LogP contribution < -0.4 is 10.1 Å². The van der Waals surface area contributed by atoms with Gasteiger partial charge in [-0.25, -0.2) is 4.98 Å². The molecule has 0 atom stereocenters. The van der Waals surface area contributed by atoms with Gasteiger partial charge in [0.15, 0.2) is 0 Å². The van der Waals surface area contributed by atoms with E-state index in [9.17, 15) is 4.79 Å². The topological polar surface area (TPSA) is 51.2 Å². The number of hydrogen-bond acceptors (Lipinski definition) is 3. The van der Waals surface area contributed by atoms with E-state index in [1.165, 1.54) is 7.11 Å². The summed E-state index contributed by atoms with van der Waals surface area (Å²) in [6.45, 7) is 0. The number of pyridine rings is 1. The number of ether oxygens (including phenoxy) is 1. The second-order valence-electron chi connectivity index (χ2n) is 3.63. The first kappa shape index (κ1) is 13.8. The van der Waals surface area contributed by atoms with Crippen molar-refractivity contribution in [2.45, 2.75) is 0 Å². The molecule has 1 heterocycles. The fourth-order valence-corrected chi connectivity index (χ4v) is 2.02. The number of amides is 1. The van der Waals surface area contributed by atoms with Crippen LogP contribution in [0.1, 0.15) is 10.4 Å². The Hall–Kier alpha value is -1.59. The highest BCUT2D eigenvalue weighted by atomic mass is 79.9. The number of hydrogen-bond donors (Lipinski definition) is 1. The molecule has 98 valence electrons. The van der Waals surface area contributed by atoms with E-state index in [0.29, 0.717) is 26.6 Å². The Morgan fingerprint density at radius 3 is 2.89 bits per heavy atom. The Labute approximate surface area is 123 Å². The summed E-state index contributed by atoms with van der Waals surface area (Å²) in [4.78, 5) is 16.2. The average molecular weight is 342 g/mol. The van der Waals surface area contributed by atoms with Gasteiger partial charge in [0.05, 0.1) is 17.1 Å². The monoisotopic (exact) mass is 340 g/mol. The van der Waals surface area contributed by atoms with Gasteiger partial charge in [-0.3, -0.25) is 4.79 Å². The van der Waals surface area contributed by atoms with E-state index in [1.54, 1.807) is 36.5 Å². The Balaban J connectivity index is 2.28. The number of benzene rings is 1. The summed E-state index contributed by atoms with van der Waals surface area (Å²) in [6.07, 6.45) is 1.60. The van der Waals surface area contributed by atoms with Crippen molar-refractivity contribution in [3.8, 4) is 5.75 Å². The van der Waals surface area contributed by atoms with Crippen molar-refractivity contribution in [3.05, 3.63) is 51.6 Å². The molecule has 0 fully saturated rings. The predicted molar refractivity (Wildman–Crippen MR) is 77.9 cm³/mol. The molecule has 6 heteroatoms. The number of nitrogens with one attached hydrogen (secondary N) is 1. The number of nitrogens with zero attached hydrogens (tertiary/aromatic N) is 1. The first-order valence-corrected chi connectivity index (χ1v) is 6.54. The lowest BCUT2D eigenvalue weighted by atomic mass is 10.2. The van der Waals surface area contributed by atoms with Crippen molar-refractivity contribution in [2.24, 2.45) is 0 Å². The fourth-order valence-electron chi connectivity index (χ4n) is 1.51. The summed E-state index contributed by atoms with van der Waals surface area (Å²) in [5, 5.41) is 3.21. The van der Waals surface area contributed by atoms with Crippen LogP contribution in [0, 0.1) is 0 Å². The smallest absolute Gasteiger partial charge is 0.260 e. The number of aromatic nitrogens is 1. The summed E-state index contributed by atoms with van der Waals surface area (Å²) in [7, 11) is 1.49. The molecule has 0 unspecified atom stereocenters. The van der Waals surface area contributed by atoms with Gasteiger partial charge in [-0.1, -0.05) is 11.6 Å². The summed E-state index contributed by atoms with van der Waals surface area (Å²) in [5.74, 6) is 0.550. The molecule has 0 aliphatic carbocycles. The molecule has 0 radical (unpaired) electrons. The van der Waals surface area contributed by atoms with E-state index in [2.05, 4.69) is 26.2 Å². The van der Waals surface area contributed by atoms with Crippen LogP contribution in [0.2, 0.25) is 5.02 Å². The van der Waals surface area contributed by atoms with Gasteiger partial charge < -0.3 is 10.1 Å². The molecule has 0 bridgehead atoms. The fraction of sp³-hybridized carbons (Fsp3) is 0.0769. The summed E-state index contributed by atoms with van der Waals surface area (Å²) < 4.78 is 5.84. The second-order valence-corrected chi connectivity index (χ2v) is 4.92. The zero-order valence-electron chi connectivity index (χ0n) is 9.98. The molecule has 0 spiro atoms. The molecule has 0 saturated carbocycles. The molecule has 2 rings (SSSR count). The zero-order valence-corrected chi connectivity index (χ0v) is 12.3. The standard InChI is InChI=1S/C13H10BrClN2O2/c1-19-11-7-8(15)4-5-9(11)13(18)17-12-10(14)3-2-6-16-12/h2-7H,1H3,(H,16,17,18). The van der Waals surface area contributed by atoms with Crippen LogP contribution in [0.15, 0.2) is 41.0 Å². The predicted octanol–water partition coefficient (Wildman–Crippen LogP) is 3.76. The van der Waals surface area contributed by atoms with Gasteiger partial charge in [-0.2, -0.15) is 0 Å². The van der Waals surface area contributed by atoms with Crippen molar-refractivity contribution in [3.63, 3.8) is 0 Å². The molecule has 1 aromatic carbocycles. The summed E-state index contributed by atoms with van der Waals surface area (Å²) >= 11 is 9.17. The minimum Gasteiger partial charge on any atom is -0.496 e. The number of rotatable bonds is 3. The maximum atomic E-state index is 12.2. The number of anilines is 1.